The fourth-order valence-electron chi connectivity index (χ4n) is 2.90. The van der Waals surface area contributed by atoms with Crippen molar-refractivity contribution in [3.8, 4) is 0 Å². The zero-order valence-corrected chi connectivity index (χ0v) is 18.5. The Bertz CT molecular complexity index is 874. The summed E-state index contributed by atoms with van der Waals surface area (Å²) < 4.78 is 0. The maximum atomic E-state index is 13.0. The summed E-state index contributed by atoms with van der Waals surface area (Å²) in [5.41, 5.74) is 21.4. The molecule has 12 N–H and O–H groups in total. The second kappa shape index (κ2) is 14.2. The molecule has 0 aromatic carbocycles. The number of H-pyrrole nitrogens is 1. The van der Waals surface area contributed by atoms with Gasteiger partial charge in [-0.25, -0.2) is 4.98 Å². The first-order valence-corrected chi connectivity index (χ1v) is 10.5. The van der Waals surface area contributed by atoms with Gasteiger partial charge in [0.15, 0.2) is 0 Å². The van der Waals surface area contributed by atoms with Crippen LogP contribution in [0.25, 0.3) is 0 Å². The minimum absolute atomic E-state index is 0.0226. The van der Waals surface area contributed by atoms with Crippen molar-refractivity contribution in [3.05, 3.63) is 18.2 Å². The van der Waals surface area contributed by atoms with Crippen LogP contribution in [0, 0.1) is 0 Å². The molecular weight excluding hydrogens is 450 g/mol. The number of imidazole rings is 1. The molecule has 0 aliphatic heterocycles. The molecule has 6 amide bonds. The zero-order valence-electron chi connectivity index (χ0n) is 18.5. The summed E-state index contributed by atoms with van der Waals surface area (Å²) in [4.78, 5) is 78.4. The lowest BCUT2D eigenvalue weighted by molar-refractivity contribution is -0.133. The van der Waals surface area contributed by atoms with E-state index in [0.717, 1.165) is 0 Å². The van der Waals surface area contributed by atoms with Gasteiger partial charge in [-0.1, -0.05) is 0 Å². The van der Waals surface area contributed by atoms with Crippen LogP contribution in [-0.4, -0.2) is 70.1 Å². The summed E-state index contributed by atoms with van der Waals surface area (Å²) in [6, 6.07) is -3.64. The third-order valence-corrected chi connectivity index (χ3v) is 4.65. The van der Waals surface area contributed by atoms with E-state index < -0.39 is 53.6 Å². The quantitative estimate of drug-likeness (QED) is 0.114. The first-order valence-electron chi connectivity index (χ1n) is 10.5. The third kappa shape index (κ3) is 10.5. The van der Waals surface area contributed by atoms with Gasteiger partial charge in [0.05, 0.1) is 6.33 Å². The van der Waals surface area contributed by atoms with Gasteiger partial charge in [0.2, 0.25) is 35.4 Å². The average Bonchev–Trinajstić information content (AvgIpc) is 3.26. The number of aromatic nitrogens is 2. The maximum absolute atomic E-state index is 13.0. The smallest absolute Gasteiger partial charge is 0.243 e. The van der Waals surface area contributed by atoms with E-state index in [1.807, 2.05) is 0 Å². The lowest BCUT2D eigenvalue weighted by atomic mass is 10.1. The molecule has 15 heteroatoms. The lowest BCUT2D eigenvalue weighted by Crippen LogP contribution is -2.57. The Labute approximate surface area is 195 Å². The van der Waals surface area contributed by atoms with Crippen LogP contribution in [0.2, 0.25) is 0 Å². The van der Waals surface area contributed by atoms with Crippen molar-refractivity contribution >= 4 is 35.4 Å². The standard InChI is InChI=1S/C19H31N9O6/c20-6-5-16(31)26-13(7-10-8-24-9-25-10)19(34)28-12(2-4-15(22)30)18(33)27-11(17(23)32)1-3-14(21)29/h8-9,11-13H,1-7,20H2,(H2,21,29)(H2,22,30)(H2,23,32)(H,24,25)(H,26,31)(H,27,33)(H,28,34)/t11-,12-,13-/m0/s1. The van der Waals surface area contributed by atoms with Gasteiger partial charge in [0.1, 0.15) is 18.1 Å². The van der Waals surface area contributed by atoms with Crippen molar-refractivity contribution in [2.75, 3.05) is 6.54 Å². The number of carbonyl (C=O) groups excluding carboxylic acids is 6. The predicted octanol–water partition coefficient (Wildman–Crippen LogP) is -4.23. The van der Waals surface area contributed by atoms with E-state index in [2.05, 4.69) is 25.9 Å². The molecule has 0 bridgehead atoms. The van der Waals surface area contributed by atoms with Crippen LogP contribution in [0.5, 0.6) is 0 Å². The van der Waals surface area contributed by atoms with Crippen LogP contribution in [0.15, 0.2) is 12.5 Å². The van der Waals surface area contributed by atoms with Gasteiger partial charge in [-0.05, 0) is 12.8 Å². The number of aromatic amines is 1. The Morgan fingerprint density at radius 2 is 1.38 bits per heavy atom. The Hall–Kier alpha value is -4.01. The van der Waals surface area contributed by atoms with Crippen molar-refractivity contribution in [3.63, 3.8) is 0 Å². The van der Waals surface area contributed by atoms with Crippen molar-refractivity contribution in [1.82, 2.24) is 25.9 Å². The normalized spacial score (nSPS) is 13.2. The molecule has 0 saturated carbocycles. The van der Waals surface area contributed by atoms with Gasteiger partial charge in [-0.3, -0.25) is 28.8 Å². The van der Waals surface area contributed by atoms with E-state index in [9.17, 15) is 28.8 Å². The molecule has 0 unspecified atom stereocenters. The number of primary amides is 3. The fraction of sp³-hybridized carbons (Fsp3) is 0.526. The second-order valence-electron chi connectivity index (χ2n) is 7.47. The van der Waals surface area contributed by atoms with Crippen molar-refractivity contribution in [1.29, 1.82) is 0 Å². The molecule has 188 valence electrons. The topological polar surface area (TPSA) is 271 Å². The van der Waals surface area contributed by atoms with Gasteiger partial charge in [-0.15, -0.1) is 0 Å². The third-order valence-electron chi connectivity index (χ3n) is 4.65. The Morgan fingerprint density at radius 3 is 1.88 bits per heavy atom. The van der Waals surface area contributed by atoms with E-state index in [1.54, 1.807) is 0 Å². The summed E-state index contributed by atoms with van der Waals surface area (Å²) in [7, 11) is 0. The van der Waals surface area contributed by atoms with E-state index in [4.69, 9.17) is 22.9 Å². The van der Waals surface area contributed by atoms with Crippen LogP contribution in [0.3, 0.4) is 0 Å². The Balaban J connectivity index is 3.00. The van der Waals surface area contributed by atoms with Crippen molar-refractivity contribution < 1.29 is 28.8 Å². The number of hydrogen-bond acceptors (Lipinski definition) is 8. The first kappa shape index (κ1) is 28.0. The van der Waals surface area contributed by atoms with Gasteiger partial charge < -0.3 is 43.9 Å². The molecule has 0 saturated heterocycles. The highest BCUT2D eigenvalue weighted by atomic mass is 16.2. The molecule has 0 fully saturated rings. The van der Waals surface area contributed by atoms with Gasteiger partial charge in [-0.2, -0.15) is 0 Å². The molecular formula is C19H31N9O6. The molecule has 3 atom stereocenters. The van der Waals surface area contributed by atoms with Crippen LogP contribution < -0.4 is 38.9 Å². The number of nitrogens with one attached hydrogen (secondary N) is 4. The van der Waals surface area contributed by atoms with Crippen LogP contribution >= 0.6 is 0 Å². The first-order chi connectivity index (χ1) is 16.0. The summed E-state index contributed by atoms with van der Waals surface area (Å²) >= 11 is 0. The minimum Gasteiger partial charge on any atom is -0.370 e. The van der Waals surface area contributed by atoms with Crippen molar-refractivity contribution in [2.24, 2.45) is 22.9 Å². The number of amides is 6. The summed E-state index contributed by atoms with van der Waals surface area (Å²) in [5, 5.41) is 7.33. The maximum Gasteiger partial charge on any atom is 0.243 e. The highest BCUT2D eigenvalue weighted by Crippen LogP contribution is 2.05. The second-order valence-corrected chi connectivity index (χ2v) is 7.47. The largest absolute Gasteiger partial charge is 0.370 e. The minimum atomic E-state index is -1.30. The summed E-state index contributed by atoms with van der Waals surface area (Å²) in [6.45, 7) is 0.0632. The van der Waals surface area contributed by atoms with E-state index in [1.165, 1.54) is 12.5 Å². The van der Waals surface area contributed by atoms with Crippen LogP contribution in [-0.2, 0) is 35.2 Å². The highest BCUT2D eigenvalue weighted by molar-refractivity contribution is 5.94. The number of nitrogens with zero attached hydrogens (tertiary/aromatic N) is 1. The summed E-state index contributed by atoms with van der Waals surface area (Å²) in [6.07, 6.45) is 2.03. The Morgan fingerprint density at radius 1 is 0.824 bits per heavy atom. The van der Waals surface area contributed by atoms with E-state index in [0.29, 0.717) is 5.69 Å². The lowest BCUT2D eigenvalue weighted by Gasteiger charge is -2.24. The molecule has 0 spiro atoms. The molecule has 1 aromatic rings. The fourth-order valence-corrected chi connectivity index (χ4v) is 2.90. The van der Waals surface area contributed by atoms with Gasteiger partial charge in [0, 0.05) is 44.1 Å². The number of carbonyl (C=O) groups is 6. The molecule has 0 radical (unpaired) electrons. The van der Waals surface area contributed by atoms with Gasteiger partial charge in [0.25, 0.3) is 0 Å². The average molecular weight is 482 g/mol. The van der Waals surface area contributed by atoms with E-state index in [-0.39, 0.29) is 45.1 Å². The monoisotopic (exact) mass is 481 g/mol. The van der Waals surface area contributed by atoms with E-state index >= 15 is 0 Å². The molecule has 1 heterocycles. The Kier molecular flexibility index (Phi) is 11.7. The zero-order chi connectivity index (χ0) is 25.7. The van der Waals surface area contributed by atoms with Crippen LogP contribution in [0.4, 0.5) is 0 Å². The van der Waals surface area contributed by atoms with Gasteiger partial charge >= 0.3 is 0 Å². The molecule has 1 rings (SSSR count). The number of rotatable bonds is 16. The van der Waals surface area contributed by atoms with Crippen molar-refractivity contribution in [2.45, 2.75) is 56.7 Å². The molecule has 0 aliphatic rings. The highest BCUT2D eigenvalue weighted by Gasteiger charge is 2.29. The molecule has 34 heavy (non-hydrogen) atoms. The molecule has 0 aliphatic carbocycles. The SMILES string of the molecule is NCCC(=O)N[C@@H](Cc1cnc[nH]1)C(=O)N[C@@H](CCC(N)=O)C(=O)N[C@@H](CCC(N)=O)C(N)=O. The number of hydrogen-bond donors (Lipinski definition) is 8. The summed E-state index contributed by atoms with van der Waals surface area (Å²) in [5.74, 6) is -4.40. The number of nitrogens with two attached hydrogens (primary N) is 4. The molecule has 1 aromatic heterocycles. The predicted molar refractivity (Wildman–Crippen MR) is 118 cm³/mol. The van der Waals surface area contributed by atoms with Crippen LogP contribution in [0.1, 0.15) is 37.8 Å². The molecule has 15 nitrogen and oxygen atoms in total.